The average molecular weight is 398 g/mol. The van der Waals surface area contributed by atoms with Crippen molar-refractivity contribution in [1.82, 2.24) is 0 Å². The number of non-ortho nitro benzene ring substituents is 1. The molecule has 2 aromatic carbocycles. The van der Waals surface area contributed by atoms with Gasteiger partial charge in [0.15, 0.2) is 11.9 Å². The zero-order chi connectivity index (χ0) is 21.0. The first-order chi connectivity index (χ1) is 13.9. The monoisotopic (exact) mass is 398 g/mol. The highest BCUT2D eigenvalue weighted by Crippen LogP contribution is 2.38. The van der Waals surface area contributed by atoms with E-state index in [1.165, 1.54) is 12.1 Å². The lowest BCUT2D eigenvalue weighted by Gasteiger charge is -2.35. The Bertz CT molecular complexity index is 897. The fraction of sp³-hybridized carbons (Fsp3) is 0.409. The Balaban J connectivity index is 1.65. The number of fused-ring (bicyclic) bond motifs is 1. The number of carbonyl (C=O) groups excluding carboxylic acids is 1. The van der Waals surface area contributed by atoms with Gasteiger partial charge in [0.25, 0.3) is 11.6 Å². The highest BCUT2D eigenvalue weighted by Gasteiger charge is 2.36. The summed E-state index contributed by atoms with van der Waals surface area (Å²) in [5.74, 6) is 1.07. The van der Waals surface area contributed by atoms with Crippen molar-refractivity contribution in [3.05, 3.63) is 58.1 Å². The summed E-state index contributed by atoms with van der Waals surface area (Å²) >= 11 is 0. The SMILES string of the molecule is Cc1cccc(OCCCCN2C(=O)C(C(C)C)Oc3cc([N+](=O)[O-])ccc32)c1. The Morgan fingerprint density at radius 3 is 2.69 bits per heavy atom. The molecule has 0 aromatic heterocycles. The number of amides is 1. The van der Waals surface area contributed by atoms with E-state index in [0.29, 0.717) is 24.6 Å². The lowest BCUT2D eigenvalue weighted by molar-refractivity contribution is -0.384. The highest BCUT2D eigenvalue weighted by atomic mass is 16.6. The van der Waals surface area contributed by atoms with E-state index in [-0.39, 0.29) is 17.5 Å². The molecule has 2 aromatic rings. The molecule has 29 heavy (non-hydrogen) atoms. The summed E-state index contributed by atoms with van der Waals surface area (Å²) in [6.45, 7) is 6.89. The number of ether oxygens (including phenoxy) is 2. The minimum Gasteiger partial charge on any atom is -0.494 e. The smallest absolute Gasteiger partial charge is 0.273 e. The van der Waals surface area contributed by atoms with Crippen LogP contribution in [0.5, 0.6) is 11.5 Å². The lowest BCUT2D eigenvalue weighted by atomic mass is 10.0. The molecule has 0 aliphatic carbocycles. The maximum absolute atomic E-state index is 12.9. The summed E-state index contributed by atoms with van der Waals surface area (Å²) < 4.78 is 11.6. The summed E-state index contributed by atoms with van der Waals surface area (Å²) in [6.07, 6.45) is 0.888. The first-order valence-electron chi connectivity index (χ1n) is 9.83. The van der Waals surface area contributed by atoms with Crippen LogP contribution in [0.4, 0.5) is 11.4 Å². The third-order valence-electron chi connectivity index (χ3n) is 4.85. The molecule has 154 valence electrons. The van der Waals surface area contributed by atoms with Crippen LogP contribution in [0, 0.1) is 23.0 Å². The summed E-state index contributed by atoms with van der Waals surface area (Å²) in [5, 5.41) is 11.1. The molecule has 1 atom stereocenters. The van der Waals surface area contributed by atoms with Crippen molar-refractivity contribution < 1.29 is 19.2 Å². The maximum Gasteiger partial charge on any atom is 0.273 e. The molecule has 0 saturated heterocycles. The summed E-state index contributed by atoms with van der Waals surface area (Å²) in [4.78, 5) is 25.2. The van der Waals surface area contributed by atoms with Crippen molar-refractivity contribution in [2.24, 2.45) is 5.92 Å². The van der Waals surface area contributed by atoms with Gasteiger partial charge in [-0.15, -0.1) is 0 Å². The normalized spacial score (nSPS) is 15.8. The van der Waals surface area contributed by atoms with Crippen molar-refractivity contribution in [2.45, 2.75) is 39.7 Å². The van der Waals surface area contributed by atoms with Crippen molar-refractivity contribution in [3.63, 3.8) is 0 Å². The molecule has 0 fully saturated rings. The van der Waals surface area contributed by atoms with Gasteiger partial charge < -0.3 is 14.4 Å². The molecule has 1 unspecified atom stereocenters. The van der Waals surface area contributed by atoms with Gasteiger partial charge in [-0.3, -0.25) is 14.9 Å². The molecule has 0 bridgehead atoms. The average Bonchev–Trinajstić information content (AvgIpc) is 2.68. The van der Waals surface area contributed by atoms with Crippen LogP contribution >= 0.6 is 0 Å². The molecular formula is C22H26N2O5. The Labute approximate surface area is 170 Å². The summed E-state index contributed by atoms with van der Waals surface area (Å²) in [7, 11) is 0. The second-order valence-electron chi connectivity index (χ2n) is 7.55. The molecule has 1 amide bonds. The highest BCUT2D eigenvalue weighted by molar-refractivity contribution is 6.00. The van der Waals surface area contributed by atoms with Crippen molar-refractivity contribution >= 4 is 17.3 Å². The van der Waals surface area contributed by atoms with Crippen molar-refractivity contribution in [3.8, 4) is 11.5 Å². The van der Waals surface area contributed by atoms with Gasteiger partial charge in [0.1, 0.15) is 5.75 Å². The number of carbonyl (C=O) groups is 1. The van der Waals surface area contributed by atoms with Gasteiger partial charge in [-0.1, -0.05) is 26.0 Å². The van der Waals surface area contributed by atoms with Crippen molar-refractivity contribution in [2.75, 3.05) is 18.1 Å². The first kappa shape index (κ1) is 20.6. The van der Waals surface area contributed by atoms with E-state index >= 15 is 0 Å². The quantitative estimate of drug-likeness (QED) is 0.371. The number of rotatable bonds is 8. The van der Waals surface area contributed by atoms with E-state index in [9.17, 15) is 14.9 Å². The number of nitrogens with zero attached hydrogens (tertiary/aromatic N) is 2. The molecule has 1 aliphatic heterocycles. The number of unbranched alkanes of at least 4 members (excludes halogenated alkanes) is 1. The molecule has 0 saturated carbocycles. The third-order valence-corrected chi connectivity index (χ3v) is 4.85. The van der Waals surface area contributed by atoms with Crippen molar-refractivity contribution in [1.29, 1.82) is 0 Å². The molecule has 1 heterocycles. The molecule has 3 rings (SSSR count). The van der Waals surface area contributed by atoms with Crippen LogP contribution in [0.2, 0.25) is 0 Å². The fourth-order valence-corrected chi connectivity index (χ4v) is 3.31. The third kappa shape index (κ3) is 4.85. The zero-order valence-electron chi connectivity index (χ0n) is 17.0. The Hall–Kier alpha value is -3.09. The fourth-order valence-electron chi connectivity index (χ4n) is 3.31. The Morgan fingerprint density at radius 1 is 1.21 bits per heavy atom. The van der Waals surface area contributed by atoms with Crippen LogP contribution in [0.25, 0.3) is 0 Å². The van der Waals surface area contributed by atoms with Gasteiger partial charge in [0, 0.05) is 12.6 Å². The Morgan fingerprint density at radius 2 is 2.00 bits per heavy atom. The van der Waals surface area contributed by atoms with Gasteiger partial charge in [-0.25, -0.2) is 0 Å². The number of benzene rings is 2. The molecule has 7 nitrogen and oxygen atoms in total. The molecule has 7 heteroatoms. The van der Waals surface area contributed by atoms with E-state index in [4.69, 9.17) is 9.47 Å². The standard InChI is InChI=1S/C22H26N2O5/c1-15(2)21-22(25)23(19-10-9-17(24(26)27)14-20(19)29-21)11-4-5-12-28-18-8-6-7-16(3)13-18/h6-10,13-15,21H,4-5,11-12H2,1-3H3. The number of aryl methyl sites for hydroxylation is 1. The number of nitro benzene ring substituents is 1. The second kappa shape index (κ2) is 8.94. The second-order valence-corrected chi connectivity index (χ2v) is 7.55. The largest absolute Gasteiger partial charge is 0.494 e. The zero-order valence-corrected chi connectivity index (χ0v) is 17.0. The number of hydrogen-bond donors (Lipinski definition) is 0. The molecule has 0 spiro atoms. The van der Waals surface area contributed by atoms with Gasteiger partial charge in [-0.2, -0.15) is 0 Å². The van der Waals surface area contributed by atoms with Crippen LogP contribution in [0.1, 0.15) is 32.3 Å². The Kier molecular flexibility index (Phi) is 6.36. The van der Waals surface area contributed by atoms with Crippen LogP contribution in [-0.2, 0) is 4.79 Å². The number of anilines is 1. The predicted octanol–water partition coefficient (Wildman–Crippen LogP) is 4.51. The van der Waals surface area contributed by atoms with Gasteiger partial charge >= 0.3 is 0 Å². The van der Waals surface area contributed by atoms with E-state index in [1.54, 1.807) is 11.0 Å². The maximum atomic E-state index is 12.9. The first-order valence-corrected chi connectivity index (χ1v) is 9.83. The summed E-state index contributed by atoms with van der Waals surface area (Å²) in [6, 6.07) is 12.3. The van der Waals surface area contributed by atoms with Gasteiger partial charge in [0.05, 0.1) is 23.3 Å². The van der Waals surface area contributed by atoms with E-state index in [0.717, 1.165) is 24.2 Å². The number of hydrogen-bond acceptors (Lipinski definition) is 5. The van der Waals surface area contributed by atoms with E-state index in [1.807, 2.05) is 45.0 Å². The molecule has 1 aliphatic rings. The molecule has 0 radical (unpaired) electrons. The minimum atomic E-state index is -0.645. The minimum absolute atomic E-state index is 0.0398. The molecular weight excluding hydrogens is 372 g/mol. The predicted molar refractivity (Wildman–Crippen MR) is 111 cm³/mol. The van der Waals surface area contributed by atoms with Crippen LogP contribution in [0.3, 0.4) is 0 Å². The topological polar surface area (TPSA) is 81.9 Å². The lowest BCUT2D eigenvalue weighted by Crippen LogP contribution is -2.48. The molecule has 0 N–H and O–H groups in total. The van der Waals surface area contributed by atoms with Crippen LogP contribution in [-0.4, -0.2) is 30.1 Å². The van der Waals surface area contributed by atoms with Gasteiger partial charge in [0.2, 0.25) is 0 Å². The van der Waals surface area contributed by atoms with E-state index in [2.05, 4.69) is 0 Å². The number of nitro groups is 1. The van der Waals surface area contributed by atoms with Crippen LogP contribution < -0.4 is 14.4 Å². The van der Waals surface area contributed by atoms with E-state index < -0.39 is 11.0 Å². The van der Waals surface area contributed by atoms with Crippen LogP contribution in [0.15, 0.2) is 42.5 Å². The van der Waals surface area contributed by atoms with Gasteiger partial charge in [-0.05, 0) is 49.4 Å². The summed E-state index contributed by atoms with van der Waals surface area (Å²) in [5.41, 5.74) is 1.68.